The molecule has 0 spiro atoms. The molecule has 1 heterocycles. The van der Waals surface area contributed by atoms with Crippen molar-refractivity contribution in [2.24, 2.45) is 0 Å². The maximum Gasteiger partial charge on any atom is 0.278 e. The lowest BCUT2D eigenvalue weighted by Crippen LogP contribution is -2.32. The van der Waals surface area contributed by atoms with E-state index in [0.29, 0.717) is 16.9 Å². The molecule has 0 aliphatic carbocycles. The van der Waals surface area contributed by atoms with Gasteiger partial charge in [0.15, 0.2) is 11.6 Å². The van der Waals surface area contributed by atoms with Crippen molar-refractivity contribution < 1.29 is 27.5 Å². The van der Waals surface area contributed by atoms with Gasteiger partial charge in [-0.2, -0.15) is 0 Å². The Morgan fingerprint density at radius 3 is 2.16 bits per heavy atom. The number of nitrogens with zero attached hydrogens (tertiary/aromatic N) is 1. The Labute approximate surface area is 181 Å². The fourth-order valence-corrected chi connectivity index (χ4v) is 3.35. The maximum atomic E-state index is 13.7. The molecule has 0 atom stereocenters. The molecule has 0 radical (unpaired) electrons. The summed E-state index contributed by atoms with van der Waals surface area (Å²) in [6, 6.07) is 15.0. The molecule has 3 aromatic carbocycles. The van der Waals surface area contributed by atoms with Crippen LogP contribution in [0.25, 0.3) is 5.57 Å². The molecular weight excluding hydrogens is 421 g/mol. The molecule has 162 valence electrons. The largest absolute Gasteiger partial charge is 0.497 e. The van der Waals surface area contributed by atoms with Crippen LogP contribution in [0.5, 0.6) is 5.75 Å². The van der Waals surface area contributed by atoms with Gasteiger partial charge in [0.25, 0.3) is 11.8 Å². The van der Waals surface area contributed by atoms with Crippen molar-refractivity contribution >= 4 is 23.1 Å². The minimum atomic E-state index is -1.10. The number of carbonyl (C=O) groups is 2. The van der Waals surface area contributed by atoms with Crippen LogP contribution in [0.15, 0.2) is 72.4 Å². The van der Waals surface area contributed by atoms with Gasteiger partial charge in [0, 0.05) is 11.8 Å². The lowest BCUT2D eigenvalue weighted by molar-refractivity contribution is -0.137. The van der Waals surface area contributed by atoms with E-state index < -0.39 is 29.3 Å². The van der Waals surface area contributed by atoms with Gasteiger partial charge < -0.3 is 10.1 Å². The van der Waals surface area contributed by atoms with Crippen molar-refractivity contribution in [1.82, 2.24) is 4.90 Å². The maximum absolute atomic E-state index is 13.7. The van der Waals surface area contributed by atoms with Gasteiger partial charge in [-0.25, -0.2) is 13.2 Å². The van der Waals surface area contributed by atoms with E-state index in [0.717, 1.165) is 17.0 Å². The van der Waals surface area contributed by atoms with Crippen LogP contribution in [-0.4, -0.2) is 23.8 Å². The number of hydrogen-bond acceptors (Lipinski definition) is 4. The lowest BCUT2D eigenvalue weighted by atomic mass is 10.0. The minimum absolute atomic E-state index is 0.0736. The topological polar surface area (TPSA) is 58.6 Å². The Kier molecular flexibility index (Phi) is 5.68. The number of halogens is 3. The van der Waals surface area contributed by atoms with Crippen molar-refractivity contribution in [1.29, 1.82) is 0 Å². The van der Waals surface area contributed by atoms with Gasteiger partial charge in [0.1, 0.15) is 17.3 Å². The third kappa shape index (κ3) is 4.07. The van der Waals surface area contributed by atoms with E-state index in [4.69, 9.17) is 4.74 Å². The number of hydrogen-bond donors (Lipinski definition) is 1. The highest BCUT2D eigenvalue weighted by atomic mass is 19.2. The van der Waals surface area contributed by atoms with Gasteiger partial charge in [-0.3, -0.25) is 14.5 Å². The van der Waals surface area contributed by atoms with Gasteiger partial charge in [-0.15, -0.1) is 0 Å². The normalized spacial score (nSPS) is 13.7. The van der Waals surface area contributed by atoms with Crippen molar-refractivity contribution in [2.75, 3.05) is 12.4 Å². The van der Waals surface area contributed by atoms with Crippen LogP contribution in [0.3, 0.4) is 0 Å². The molecule has 32 heavy (non-hydrogen) atoms. The highest BCUT2D eigenvalue weighted by molar-refractivity contribution is 6.36. The van der Waals surface area contributed by atoms with E-state index in [-0.39, 0.29) is 23.5 Å². The zero-order chi connectivity index (χ0) is 22.8. The summed E-state index contributed by atoms with van der Waals surface area (Å²) in [6.45, 7) is -0.0828. The molecule has 0 unspecified atom stereocenters. The van der Waals surface area contributed by atoms with Crippen molar-refractivity contribution in [2.45, 2.75) is 6.54 Å². The lowest BCUT2D eigenvalue weighted by Gasteiger charge is -2.15. The van der Waals surface area contributed by atoms with Gasteiger partial charge in [-0.1, -0.05) is 24.3 Å². The SMILES string of the molecule is COc1ccc(C2=C(Nc3ccc(F)c(F)c3)C(=O)N(Cc3ccc(F)cc3)C2=O)cc1. The molecule has 0 fully saturated rings. The number of carbonyl (C=O) groups excluding carboxylic acids is 2. The summed E-state index contributed by atoms with van der Waals surface area (Å²) in [7, 11) is 1.50. The average molecular weight is 438 g/mol. The van der Waals surface area contributed by atoms with E-state index in [1.807, 2.05) is 0 Å². The van der Waals surface area contributed by atoms with Gasteiger partial charge >= 0.3 is 0 Å². The molecule has 0 aromatic heterocycles. The summed E-state index contributed by atoms with van der Waals surface area (Å²) in [5.74, 6) is -3.23. The molecule has 1 aliphatic rings. The van der Waals surface area contributed by atoms with Crippen LogP contribution in [0.2, 0.25) is 0 Å². The van der Waals surface area contributed by atoms with Gasteiger partial charge in [0.05, 0.1) is 19.2 Å². The number of rotatable bonds is 6. The number of benzene rings is 3. The molecule has 8 heteroatoms. The number of nitrogens with one attached hydrogen (secondary N) is 1. The summed E-state index contributed by atoms with van der Waals surface area (Å²) in [6.07, 6.45) is 0. The predicted octanol–water partition coefficient (Wildman–Crippen LogP) is 4.50. The van der Waals surface area contributed by atoms with Crippen LogP contribution >= 0.6 is 0 Å². The first kappa shape index (κ1) is 21.2. The van der Waals surface area contributed by atoms with E-state index in [1.165, 1.54) is 37.4 Å². The highest BCUT2D eigenvalue weighted by Crippen LogP contribution is 2.32. The Morgan fingerprint density at radius 1 is 0.844 bits per heavy atom. The molecular formula is C24H17F3N2O3. The van der Waals surface area contributed by atoms with Crippen molar-refractivity contribution in [3.05, 3.63) is 101 Å². The van der Waals surface area contributed by atoms with Gasteiger partial charge in [0.2, 0.25) is 0 Å². The van der Waals surface area contributed by atoms with Crippen LogP contribution < -0.4 is 10.1 Å². The standard InChI is InChI=1S/C24H17F3N2O3/c1-32-18-9-4-15(5-10-18)21-22(28-17-8-11-19(26)20(27)12-17)24(31)29(23(21)30)13-14-2-6-16(25)7-3-14/h2-12,28H,13H2,1H3. The molecule has 0 saturated heterocycles. The molecule has 2 amide bonds. The minimum Gasteiger partial charge on any atom is -0.497 e. The summed E-state index contributed by atoms with van der Waals surface area (Å²) in [4.78, 5) is 27.4. The summed E-state index contributed by atoms with van der Waals surface area (Å²) in [5.41, 5.74) is 1.10. The van der Waals surface area contributed by atoms with E-state index in [1.54, 1.807) is 24.3 Å². The number of anilines is 1. The second-order valence-electron chi connectivity index (χ2n) is 7.06. The summed E-state index contributed by atoms with van der Waals surface area (Å²) >= 11 is 0. The zero-order valence-electron chi connectivity index (χ0n) is 16.9. The van der Waals surface area contributed by atoms with Crippen molar-refractivity contribution in [3.8, 4) is 5.75 Å². The van der Waals surface area contributed by atoms with Crippen LogP contribution in [-0.2, 0) is 16.1 Å². The first-order valence-corrected chi connectivity index (χ1v) is 9.59. The van der Waals surface area contributed by atoms with E-state index in [2.05, 4.69) is 5.32 Å². The third-order valence-corrected chi connectivity index (χ3v) is 4.99. The fourth-order valence-electron chi connectivity index (χ4n) is 3.35. The van der Waals surface area contributed by atoms with Gasteiger partial charge in [-0.05, 0) is 47.5 Å². The second-order valence-corrected chi connectivity index (χ2v) is 7.06. The monoisotopic (exact) mass is 438 g/mol. The van der Waals surface area contributed by atoms with Crippen LogP contribution in [0, 0.1) is 17.5 Å². The molecule has 3 aromatic rings. The molecule has 1 aliphatic heterocycles. The van der Waals surface area contributed by atoms with Crippen LogP contribution in [0.1, 0.15) is 11.1 Å². The quantitative estimate of drug-likeness (QED) is 0.576. The molecule has 0 saturated carbocycles. The number of amides is 2. The number of methoxy groups -OCH3 is 1. The first-order valence-electron chi connectivity index (χ1n) is 9.59. The van der Waals surface area contributed by atoms with Crippen molar-refractivity contribution in [3.63, 3.8) is 0 Å². The predicted molar refractivity (Wildman–Crippen MR) is 112 cm³/mol. The Bertz CT molecular complexity index is 1220. The summed E-state index contributed by atoms with van der Waals surface area (Å²) in [5, 5.41) is 2.76. The number of ether oxygens (including phenoxy) is 1. The second kappa shape index (κ2) is 8.58. The Hall–Kier alpha value is -4.07. The van der Waals surface area contributed by atoms with Crippen LogP contribution in [0.4, 0.5) is 18.9 Å². The smallest absolute Gasteiger partial charge is 0.278 e. The number of imide groups is 1. The Morgan fingerprint density at radius 2 is 1.53 bits per heavy atom. The Balaban J connectivity index is 1.73. The molecule has 0 bridgehead atoms. The third-order valence-electron chi connectivity index (χ3n) is 4.99. The molecule has 1 N–H and O–H groups in total. The molecule has 5 nitrogen and oxygen atoms in total. The zero-order valence-corrected chi connectivity index (χ0v) is 16.9. The van der Waals surface area contributed by atoms with E-state index in [9.17, 15) is 22.8 Å². The van der Waals surface area contributed by atoms with E-state index >= 15 is 0 Å². The highest BCUT2D eigenvalue weighted by Gasteiger charge is 2.39. The average Bonchev–Trinajstić information content (AvgIpc) is 3.02. The summed E-state index contributed by atoms with van der Waals surface area (Å²) < 4.78 is 45.4. The fraction of sp³-hybridized carbons (Fsp3) is 0.0833. The molecule has 4 rings (SSSR count). The first-order chi connectivity index (χ1) is 15.4.